The van der Waals surface area contributed by atoms with E-state index in [1.807, 2.05) is 0 Å². The van der Waals surface area contributed by atoms with Gasteiger partial charge in [-0.2, -0.15) is 0 Å². The minimum Gasteiger partial charge on any atom is -0.381 e. The molecular formula is C12H20N4O3S. The molecule has 8 heteroatoms. The fourth-order valence-corrected chi connectivity index (χ4v) is 2.55. The van der Waals surface area contributed by atoms with Crippen LogP contribution in [0.15, 0.2) is 17.3 Å². The maximum absolute atomic E-state index is 11.9. The lowest BCUT2D eigenvalue weighted by Crippen LogP contribution is -2.26. The molecule has 2 N–H and O–H groups in total. The maximum atomic E-state index is 11.9. The quantitative estimate of drug-likeness (QED) is 0.649. The molecule has 1 heterocycles. The highest BCUT2D eigenvalue weighted by Gasteiger charge is 2.21. The third-order valence-corrected chi connectivity index (χ3v) is 4.39. The Balaban J connectivity index is 1.71. The van der Waals surface area contributed by atoms with Crippen molar-refractivity contribution in [3.05, 3.63) is 12.4 Å². The summed E-state index contributed by atoms with van der Waals surface area (Å²) < 4.78 is 31.8. The van der Waals surface area contributed by atoms with E-state index in [9.17, 15) is 8.42 Å². The first kappa shape index (κ1) is 15.1. The molecule has 1 aliphatic rings. The fraction of sp³-hybridized carbons (Fsp3) is 0.667. The Labute approximate surface area is 119 Å². The van der Waals surface area contributed by atoms with Gasteiger partial charge >= 0.3 is 0 Å². The van der Waals surface area contributed by atoms with E-state index in [1.54, 1.807) is 7.05 Å². The van der Waals surface area contributed by atoms with Crippen LogP contribution in [0.1, 0.15) is 19.3 Å². The normalized spacial score (nSPS) is 15.2. The van der Waals surface area contributed by atoms with Gasteiger partial charge < -0.3 is 10.1 Å². The summed E-state index contributed by atoms with van der Waals surface area (Å²) in [5, 5.41) is 2.73. The Morgan fingerprint density at radius 3 is 2.65 bits per heavy atom. The van der Waals surface area contributed by atoms with Gasteiger partial charge in [-0.1, -0.05) is 0 Å². The van der Waals surface area contributed by atoms with Crippen LogP contribution in [0.2, 0.25) is 0 Å². The van der Waals surface area contributed by atoms with Crippen molar-refractivity contribution in [2.75, 3.05) is 32.1 Å². The van der Waals surface area contributed by atoms with Gasteiger partial charge in [0, 0.05) is 26.8 Å². The number of rotatable bonds is 9. The van der Waals surface area contributed by atoms with Crippen LogP contribution in [0.3, 0.4) is 0 Å². The second-order valence-electron chi connectivity index (χ2n) is 4.76. The lowest BCUT2D eigenvalue weighted by molar-refractivity contribution is 0.123. The summed E-state index contributed by atoms with van der Waals surface area (Å²) in [4.78, 5) is 7.83. The molecule has 0 saturated heterocycles. The van der Waals surface area contributed by atoms with E-state index in [-0.39, 0.29) is 4.90 Å². The predicted octanol–water partition coefficient (Wildman–Crippen LogP) is 0.613. The molecular weight excluding hydrogens is 280 g/mol. The van der Waals surface area contributed by atoms with Gasteiger partial charge in [0.15, 0.2) is 0 Å². The summed E-state index contributed by atoms with van der Waals surface area (Å²) in [5.41, 5.74) is 0. The Kier molecular flexibility index (Phi) is 5.27. The van der Waals surface area contributed by atoms with Crippen LogP contribution in [0.4, 0.5) is 5.95 Å². The molecule has 0 amide bonds. The maximum Gasteiger partial charge on any atom is 0.243 e. The van der Waals surface area contributed by atoms with Gasteiger partial charge in [0.2, 0.25) is 16.0 Å². The molecule has 1 aromatic heterocycles. The standard InChI is InChI=1S/C12H20N4O3S/c1-13-12-14-7-11(8-15-12)20(17,18)16-5-2-6-19-9-10-3-4-10/h7-8,10,16H,2-6,9H2,1H3,(H,13,14,15). The van der Waals surface area contributed by atoms with E-state index in [4.69, 9.17) is 4.74 Å². The van der Waals surface area contributed by atoms with Crippen molar-refractivity contribution < 1.29 is 13.2 Å². The highest BCUT2D eigenvalue weighted by atomic mass is 32.2. The van der Waals surface area contributed by atoms with E-state index < -0.39 is 10.0 Å². The average molecular weight is 300 g/mol. The molecule has 0 aliphatic heterocycles. The molecule has 0 spiro atoms. The van der Waals surface area contributed by atoms with Gasteiger partial charge in [0.05, 0.1) is 12.4 Å². The SMILES string of the molecule is CNc1ncc(S(=O)(=O)NCCCOCC2CC2)cn1. The minimum absolute atomic E-state index is 0.0652. The number of ether oxygens (including phenoxy) is 1. The second kappa shape index (κ2) is 6.96. The zero-order chi connectivity index (χ0) is 14.4. The predicted molar refractivity (Wildman–Crippen MR) is 74.9 cm³/mol. The number of aromatic nitrogens is 2. The van der Waals surface area contributed by atoms with Crippen molar-refractivity contribution in [2.24, 2.45) is 5.92 Å². The first-order valence-electron chi connectivity index (χ1n) is 6.69. The van der Waals surface area contributed by atoms with Gasteiger partial charge in [-0.3, -0.25) is 0 Å². The van der Waals surface area contributed by atoms with Crippen molar-refractivity contribution in [3.8, 4) is 0 Å². The number of nitrogens with one attached hydrogen (secondary N) is 2. The van der Waals surface area contributed by atoms with Gasteiger partial charge in [0.1, 0.15) is 4.90 Å². The summed E-state index contributed by atoms with van der Waals surface area (Å²) in [6.45, 7) is 1.72. The molecule has 1 aliphatic carbocycles. The van der Waals surface area contributed by atoms with Crippen molar-refractivity contribution in [2.45, 2.75) is 24.2 Å². The van der Waals surface area contributed by atoms with Crippen LogP contribution in [-0.4, -0.2) is 45.2 Å². The summed E-state index contributed by atoms with van der Waals surface area (Å²) in [6.07, 6.45) is 5.74. The molecule has 0 atom stereocenters. The highest BCUT2D eigenvalue weighted by Crippen LogP contribution is 2.28. The Bertz CT molecular complexity index is 514. The summed E-state index contributed by atoms with van der Waals surface area (Å²) in [5.74, 6) is 1.12. The largest absolute Gasteiger partial charge is 0.381 e. The van der Waals surface area contributed by atoms with Crippen LogP contribution in [-0.2, 0) is 14.8 Å². The smallest absolute Gasteiger partial charge is 0.243 e. The van der Waals surface area contributed by atoms with E-state index in [0.717, 1.165) is 12.5 Å². The number of nitrogens with zero attached hydrogens (tertiary/aromatic N) is 2. The first-order valence-corrected chi connectivity index (χ1v) is 8.17. The third-order valence-electron chi connectivity index (χ3n) is 2.97. The lowest BCUT2D eigenvalue weighted by atomic mass is 10.4. The molecule has 7 nitrogen and oxygen atoms in total. The molecule has 0 radical (unpaired) electrons. The van der Waals surface area contributed by atoms with Crippen molar-refractivity contribution in [1.82, 2.24) is 14.7 Å². The van der Waals surface area contributed by atoms with E-state index in [2.05, 4.69) is 20.0 Å². The fourth-order valence-electron chi connectivity index (χ4n) is 1.58. The second-order valence-corrected chi connectivity index (χ2v) is 6.53. The van der Waals surface area contributed by atoms with Crippen molar-refractivity contribution >= 4 is 16.0 Å². The lowest BCUT2D eigenvalue weighted by Gasteiger charge is -2.07. The van der Waals surface area contributed by atoms with Crippen LogP contribution >= 0.6 is 0 Å². The van der Waals surface area contributed by atoms with Crippen molar-refractivity contribution in [1.29, 1.82) is 0 Å². The zero-order valence-electron chi connectivity index (χ0n) is 11.5. The van der Waals surface area contributed by atoms with Crippen LogP contribution in [0.25, 0.3) is 0 Å². The number of hydrogen-bond donors (Lipinski definition) is 2. The molecule has 0 bridgehead atoms. The monoisotopic (exact) mass is 300 g/mol. The third kappa shape index (κ3) is 4.69. The van der Waals surface area contributed by atoms with Crippen LogP contribution < -0.4 is 10.0 Å². The zero-order valence-corrected chi connectivity index (χ0v) is 12.3. The first-order chi connectivity index (χ1) is 9.62. The molecule has 0 aromatic carbocycles. The van der Waals surface area contributed by atoms with E-state index in [1.165, 1.54) is 25.2 Å². The topological polar surface area (TPSA) is 93.2 Å². The highest BCUT2D eigenvalue weighted by molar-refractivity contribution is 7.89. The number of hydrogen-bond acceptors (Lipinski definition) is 6. The molecule has 0 unspecified atom stereocenters. The minimum atomic E-state index is -3.53. The Morgan fingerprint density at radius 2 is 2.05 bits per heavy atom. The molecule has 112 valence electrons. The van der Waals surface area contributed by atoms with Gasteiger partial charge in [-0.05, 0) is 25.2 Å². The number of sulfonamides is 1. The summed E-state index contributed by atoms with van der Waals surface area (Å²) in [7, 11) is -1.86. The molecule has 1 aromatic rings. The van der Waals surface area contributed by atoms with Gasteiger partial charge in [-0.15, -0.1) is 0 Å². The van der Waals surface area contributed by atoms with Crippen LogP contribution in [0.5, 0.6) is 0 Å². The number of anilines is 1. The van der Waals surface area contributed by atoms with Gasteiger partial charge in [0.25, 0.3) is 0 Å². The Hall–Kier alpha value is -1.25. The molecule has 1 saturated carbocycles. The summed E-state index contributed by atoms with van der Waals surface area (Å²) in [6, 6.07) is 0. The van der Waals surface area contributed by atoms with E-state index >= 15 is 0 Å². The van der Waals surface area contributed by atoms with Crippen molar-refractivity contribution in [3.63, 3.8) is 0 Å². The Morgan fingerprint density at radius 1 is 1.35 bits per heavy atom. The average Bonchev–Trinajstić information content (AvgIpc) is 3.27. The summed E-state index contributed by atoms with van der Waals surface area (Å²) >= 11 is 0. The van der Waals surface area contributed by atoms with Gasteiger partial charge in [-0.25, -0.2) is 23.1 Å². The molecule has 1 fully saturated rings. The molecule has 20 heavy (non-hydrogen) atoms. The van der Waals surface area contributed by atoms with E-state index in [0.29, 0.717) is 25.5 Å². The van der Waals surface area contributed by atoms with Crippen LogP contribution in [0, 0.1) is 5.92 Å². The molecule has 2 rings (SSSR count).